The molecule has 2 fully saturated rings. The largest absolute Gasteiger partial charge is 0.479 e. The molecule has 2 saturated heterocycles. The van der Waals surface area contributed by atoms with Gasteiger partial charge in [-0.05, 0) is 35.6 Å². The highest BCUT2D eigenvalue weighted by Crippen LogP contribution is 2.35. The molecule has 0 amide bonds. The first-order valence-electron chi connectivity index (χ1n) is 12.4. The van der Waals surface area contributed by atoms with Gasteiger partial charge in [-0.1, -0.05) is 25.1 Å². The molecule has 3 aromatic heterocycles. The first-order chi connectivity index (χ1) is 17.5. The Bertz CT molecular complexity index is 1400. The van der Waals surface area contributed by atoms with E-state index in [4.69, 9.17) is 19.6 Å². The number of piperidine rings is 1. The molecule has 36 heavy (non-hydrogen) atoms. The quantitative estimate of drug-likeness (QED) is 0.419. The Labute approximate surface area is 208 Å². The molecule has 1 N–H and O–H groups in total. The van der Waals surface area contributed by atoms with Crippen molar-refractivity contribution in [3.8, 4) is 17.0 Å². The lowest BCUT2D eigenvalue weighted by molar-refractivity contribution is -0.0860. The van der Waals surface area contributed by atoms with Crippen LogP contribution in [0.3, 0.4) is 0 Å². The van der Waals surface area contributed by atoms with E-state index in [2.05, 4.69) is 34.4 Å². The number of rotatable bonds is 7. The van der Waals surface area contributed by atoms with E-state index in [0.717, 1.165) is 60.4 Å². The monoisotopic (exact) mass is 494 g/mol. The zero-order valence-electron chi connectivity index (χ0n) is 20.8. The fourth-order valence-corrected chi connectivity index (χ4v) is 5.37. The van der Waals surface area contributed by atoms with E-state index in [9.17, 15) is 4.39 Å². The molecule has 0 spiro atoms. The lowest BCUT2D eigenvalue weighted by Gasteiger charge is -2.49. The van der Waals surface area contributed by atoms with Crippen molar-refractivity contribution in [1.29, 1.82) is 0 Å². The number of aromatic nitrogens is 6. The SMILES string of the molecule is COc1nc(N[C@@H]2CCN(C3COC3)CC2(C)C)nn2ccc(-c3ccc4nnn(CCF)c4c3)c12. The fourth-order valence-electron chi connectivity index (χ4n) is 5.37. The van der Waals surface area contributed by atoms with Crippen molar-refractivity contribution in [2.24, 2.45) is 5.41 Å². The molecule has 4 aromatic rings. The molecule has 11 heteroatoms. The molecule has 190 valence electrons. The summed E-state index contributed by atoms with van der Waals surface area (Å²) in [6.07, 6.45) is 2.91. The van der Waals surface area contributed by atoms with Gasteiger partial charge >= 0.3 is 0 Å². The Morgan fingerprint density at radius 2 is 2.11 bits per heavy atom. The summed E-state index contributed by atoms with van der Waals surface area (Å²) in [7, 11) is 1.62. The first kappa shape index (κ1) is 23.1. The molecule has 0 radical (unpaired) electrons. The van der Waals surface area contributed by atoms with Crippen molar-refractivity contribution < 1.29 is 13.9 Å². The zero-order chi connectivity index (χ0) is 24.9. The number of likely N-dealkylation sites (tertiary alicyclic amines) is 1. The highest BCUT2D eigenvalue weighted by Gasteiger charge is 2.40. The van der Waals surface area contributed by atoms with E-state index in [1.54, 1.807) is 16.3 Å². The first-order valence-corrected chi connectivity index (χ1v) is 12.4. The van der Waals surface area contributed by atoms with E-state index >= 15 is 0 Å². The van der Waals surface area contributed by atoms with Crippen LogP contribution in [0.4, 0.5) is 10.3 Å². The average molecular weight is 495 g/mol. The van der Waals surface area contributed by atoms with Gasteiger partial charge in [0.1, 0.15) is 17.7 Å². The number of anilines is 1. The van der Waals surface area contributed by atoms with Gasteiger partial charge in [0.25, 0.3) is 0 Å². The Hall–Kier alpha value is -3.31. The minimum Gasteiger partial charge on any atom is -0.479 e. The summed E-state index contributed by atoms with van der Waals surface area (Å²) in [6, 6.07) is 8.60. The van der Waals surface area contributed by atoms with Crippen molar-refractivity contribution in [3.63, 3.8) is 0 Å². The number of hydrogen-bond donors (Lipinski definition) is 1. The van der Waals surface area contributed by atoms with Gasteiger partial charge in [-0.25, -0.2) is 13.6 Å². The van der Waals surface area contributed by atoms with Gasteiger partial charge in [0.15, 0.2) is 0 Å². The fraction of sp³-hybridized carbons (Fsp3) is 0.520. The molecule has 0 aliphatic carbocycles. The number of nitrogens with one attached hydrogen (secondary N) is 1. The number of methoxy groups -OCH3 is 1. The molecular formula is C25H31FN8O2. The van der Waals surface area contributed by atoms with Crippen LogP contribution in [-0.4, -0.2) is 86.7 Å². The minimum absolute atomic E-state index is 0.0489. The molecule has 1 atom stereocenters. The molecule has 0 unspecified atom stereocenters. The number of fused-ring (bicyclic) bond motifs is 2. The van der Waals surface area contributed by atoms with Gasteiger partial charge < -0.3 is 14.8 Å². The summed E-state index contributed by atoms with van der Waals surface area (Å²) in [6.45, 7) is 7.95. The van der Waals surface area contributed by atoms with E-state index in [-0.39, 0.29) is 18.0 Å². The normalized spacial score (nSPS) is 20.6. The van der Waals surface area contributed by atoms with Crippen molar-refractivity contribution in [2.45, 2.75) is 38.9 Å². The third-order valence-corrected chi connectivity index (χ3v) is 7.49. The summed E-state index contributed by atoms with van der Waals surface area (Å²) < 4.78 is 27.5. The van der Waals surface area contributed by atoms with Crippen LogP contribution in [0.25, 0.3) is 27.7 Å². The van der Waals surface area contributed by atoms with Crippen molar-refractivity contribution in [3.05, 3.63) is 30.5 Å². The maximum atomic E-state index is 13.0. The zero-order valence-corrected chi connectivity index (χ0v) is 20.8. The second-order valence-electron chi connectivity index (χ2n) is 10.3. The number of ether oxygens (including phenoxy) is 2. The van der Waals surface area contributed by atoms with Crippen molar-refractivity contribution in [2.75, 3.05) is 45.4 Å². The van der Waals surface area contributed by atoms with Gasteiger partial charge in [-0.2, -0.15) is 4.98 Å². The van der Waals surface area contributed by atoms with Crippen LogP contribution in [0.5, 0.6) is 5.88 Å². The van der Waals surface area contributed by atoms with E-state index < -0.39 is 6.67 Å². The summed E-state index contributed by atoms with van der Waals surface area (Å²) in [5.41, 5.74) is 4.18. The van der Waals surface area contributed by atoms with Gasteiger partial charge in [0.2, 0.25) is 11.8 Å². The van der Waals surface area contributed by atoms with Crippen LogP contribution < -0.4 is 10.1 Å². The molecule has 0 saturated carbocycles. The molecule has 6 rings (SSSR count). The predicted octanol–water partition coefficient (Wildman–Crippen LogP) is 3.03. The lowest BCUT2D eigenvalue weighted by Crippen LogP contribution is -2.59. The molecule has 1 aromatic carbocycles. The third-order valence-electron chi connectivity index (χ3n) is 7.49. The number of benzene rings is 1. The maximum absolute atomic E-state index is 13.0. The maximum Gasteiger partial charge on any atom is 0.244 e. The number of halogens is 1. The third kappa shape index (κ3) is 3.96. The topological polar surface area (TPSA) is 94.6 Å². The van der Waals surface area contributed by atoms with Gasteiger partial charge in [-0.3, -0.25) is 4.90 Å². The van der Waals surface area contributed by atoms with Crippen LogP contribution in [0, 0.1) is 5.41 Å². The second kappa shape index (κ2) is 8.97. The number of nitrogens with zero attached hydrogens (tertiary/aromatic N) is 7. The molecule has 5 heterocycles. The lowest BCUT2D eigenvalue weighted by atomic mass is 9.78. The smallest absolute Gasteiger partial charge is 0.244 e. The van der Waals surface area contributed by atoms with Crippen molar-refractivity contribution in [1.82, 2.24) is 34.5 Å². The molecular weight excluding hydrogens is 463 g/mol. The molecule has 2 aliphatic rings. The Kier molecular flexibility index (Phi) is 5.76. The summed E-state index contributed by atoms with van der Waals surface area (Å²) in [5, 5.41) is 16.6. The Morgan fingerprint density at radius 3 is 2.83 bits per heavy atom. The van der Waals surface area contributed by atoms with Crippen LogP contribution in [-0.2, 0) is 11.3 Å². The highest BCUT2D eigenvalue weighted by molar-refractivity contribution is 5.89. The van der Waals surface area contributed by atoms with Gasteiger partial charge in [-0.15, -0.1) is 10.2 Å². The summed E-state index contributed by atoms with van der Waals surface area (Å²) in [5.74, 6) is 1.03. The average Bonchev–Trinajstić information content (AvgIpc) is 3.43. The van der Waals surface area contributed by atoms with Gasteiger partial charge in [0.05, 0.1) is 38.4 Å². The summed E-state index contributed by atoms with van der Waals surface area (Å²) >= 11 is 0. The highest BCUT2D eigenvalue weighted by atomic mass is 19.1. The standard InChI is InChI=1S/C25H31FN8O2/c1-25(2)15-32(17-13-36-14-17)9-7-21(25)27-24-28-23(35-3)22-18(6-10-34(22)30-24)16-4-5-19-20(12-16)33(11-8-26)31-29-19/h4-6,10,12,17,21H,7-9,11,13-15H2,1-3H3,(H,27,30)/t21-/m1/s1. The second-order valence-corrected chi connectivity index (χ2v) is 10.3. The molecule has 2 aliphatic heterocycles. The molecule has 0 bridgehead atoms. The van der Waals surface area contributed by atoms with Crippen LogP contribution in [0.2, 0.25) is 0 Å². The van der Waals surface area contributed by atoms with E-state index in [0.29, 0.717) is 17.9 Å². The Morgan fingerprint density at radius 1 is 1.25 bits per heavy atom. The number of hydrogen-bond acceptors (Lipinski definition) is 8. The Balaban J connectivity index is 1.30. The van der Waals surface area contributed by atoms with E-state index in [1.165, 1.54) is 0 Å². The number of alkyl halides is 1. The predicted molar refractivity (Wildman–Crippen MR) is 134 cm³/mol. The van der Waals surface area contributed by atoms with Crippen LogP contribution in [0.1, 0.15) is 20.3 Å². The molecule has 10 nitrogen and oxygen atoms in total. The summed E-state index contributed by atoms with van der Waals surface area (Å²) in [4.78, 5) is 7.28. The minimum atomic E-state index is -0.500. The van der Waals surface area contributed by atoms with Crippen LogP contribution in [0.15, 0.2) is 30.5 Å². The van der Waals surface area contributed by atoms with Crippen LogP contribution >= 0.6 is 0 Å². The van der Waals surface area contributed by atoms with Crippen molar-refractivity contribution >= 4 is 22.5 Å². The van der Waals surface area contributed by atoms with Gasteiger partial charge in [0, 0.05) is 30.9 Å². The number of aryl methyl sites for hydroxylation is 1. The van der Waals surface area contributed by atoms with E-state index in [1.807, 2.05) is 30.5 Å².